The van der Waals surface area contributed by atoms with Crippen molar-refractivity contribution in [1.29, 1.82) is 0 Å². The average Bonchev–Trinajstić information content (AvgIpc) is 2.83. The zero-order valence-electron chi connectivity index (χ0n) is 8.85. The van der Waals surface area contributed by atoms with Gasteiger partial charge in [0.2, 0.25) is 11.7 Å². The highest BCUT2D eigenvalue weighted by Crippen LogP contribution is 2.18. The van der Waals surface area contributed by atoms with Crippen LogP contribution < -0.4 is 5.32 Å². The third-order valence-electron chi connectivity index (χ3n) is 2.07. The van der Waals surface area contributed by atoms with Crippen LogP contribution in [0.2, 0.25) is 0 Å². The molecule has 2 N–H and O–H groups in total. The smallest absolute Gasteiger partial charge is 0.225 e. The van der Waals surface area contributed by atoms with E-state index in [1.165, 1.54) is 0 Å². The highest BCUT2D eigenvalue weighted by molar-refractivity contribution is 9.09. The number of benzene rings is 1. The highest BCUT2D eigenvalue weighted by atomic mass is 79.9. The average molecular weight is 296 g/mol. The summed E-state index contributed by atoms with van der Waals surface area (Å²) in [6.45, 7) is 0. The third kappa shape index (κ3) is 3.10. The number of aromatic amines is 1. The van der Waals surface area contributed by atoms with Crippen LogP contribution in [0.15, 0.2) is 24.3 Å². The van der Waals surface area contributed by atoms with E-state index in [0.717, 1.165) is 11.3 Å². The maximum atomic E-state index is 11.4. The molecule has 2 aromatic rings. The first-order valence-corrected chi connectivity index (χ1v) is 6.11. The van der Waals surface area contributed by atoms with Gasteiger partial charge in [-0.15, -0.1) is 10.2 Å². The molecule has 17 heavy (non-hydrogen) atoms. The van der Waals surface area contributed by atoms with Crippen molar-refractivity contribution in [2.24, 2.45) is 0 Å². The first kappa shape index (κ1) is 11.7. The number of hydrogen-bond acceptors (Lipinski definition) is 4. The van der Waals surface area contributed by atoms with Gasteiger partial charge in [0.25, 0.3) is 0 Å². The fraction of sp³-hybridized carbons (Fsp3) is 0.200. The van der Waals surface area contributed by atoms with Gasteiger partial charge < -0.3 is 5.32 Å². The monoisotopic (exact) mass is 295 g/mol. The second-order valence-corrected chi connectivity index (χ2v) is 4.10. The predicted octanol–water partition coefficient (Wildman–Crippen LogP) is 1.59. The summed E-state index contributed by atoms with van der Waals surface area (Å²) in [5, 5.41) is 17.1. The number of alkyl halides is 1. The lowest BCUT2D eigenvalue weighted by atomic mass is 10.2. The van der Waals surface area contributed by atoms with Crippen molar-refractivity contribution in [3.05, 3.63) is 24.3 Å². The van der Waals surface area contributed by atoms with Gasteiger partial charge in [-0.25, -0.2) is 0 Å². The number of carbonyl (C=O) groups excluding carboxylic acids is 1. The molecule has 6 nitrogen and oxygen atoms in total. The standard InChI is InChI=1S/C10H10BrN5O/c11-5-4-9(17)12-8-3-1-2-7(6-8)10-13-15-16-14-10/h1-3,6H,4-5H2,(H,12,17)(H,13,14,15,16). The number of anilines is 1. The van der Waals surface area contributed by atoms with E-state index in [9.17, 15) is 4.79 Å². The zero-order valence-corrected chi connectivity index (χ0v) is 10.4. The molecule has 2 rings (SSSR count). The molecule has 0 aliphatic heterocycles. The van der Waals surface area contributed by atoms with E-state index in [0.29, 0.717) is 17.6 Å². The lowest BCUT2D eigenvalue weighted by Gasteiger charge is -2.04. The van der Waals surface area contributed by atoms with Crippen molar-refractivity contribution in [1.82, 2.24) is 20.6 Å². The number of hydrogen-bond donors (Lipinski definition) is 2. The molecule has 0 aliphatic rings. The van der Waals surface area contributed by atoms with E-state index in [1.54, 1.807) is 6.07 Å². The third-order valence-corrected chi connectivity index (χ3v) is 2.47. The Kier molecular flexibility index (Phi) is 3.81. The van der Waals surface area contributed by atoms with Crippen LogP contribution in [0.1, 0.15) is 6.42 Å². The molecular weight excluding hydrogens is 286 g/mol. The Bertz CT molecular complexity index is 499. The predicted molar refractivity (Wildman–Crippen MR) is 66.7 cm³/mol. The van der Waals surface area contributed by atoms with Gasteiger partial charge in [-0.3, -0.25) is 4.79 Å². The molecule has 0 aliphatic carbocycles. The number of rotatable bonds is 4. The Balaban J connectivity index is 2.15. The van der Waals surface area contributed by atoms with E-state index >= 15 is 0 Å². The summed E-state index contributed by atoms with van der Waals surface area (Å²) < 4.78 is 0. The minimum atomic E-state index is -0.0351. The lowest BCUT2D eigenvalue weighted by molar-refractivity contribution is -0.115. The number of nitrogens with zero attached hydrogens (tertiary/aromatic N) is 3. The van der Waals surface area contributed by atoms with Gasteiger partial charge in [0.1, 0.15) is 0 Å². The first-order chi connectivity index (χ1) is 8.29. The SMILES string of the molecule is O=C(CCBr)Nc1cccc(-c2nn[nH]n2)c1. The molecule has 88 valence electrons. The minimum absolute atomic E-state index is 0.0351. The number of nitrogens with one attached hydrogen (secondary N) is 2. The molecule has 0 radical (unpaired) electrons. The fourth-order valence-corrected chi connectivity index (χ4v) is 1.69. The van der Waals surface area contributed by atoms with Gasteiger partial charge >= 0.3 is 0 Å². The van der Waals surface area contributed by atoms with Crippen molar-refractivity contribution in [2.45, 2.75) is 6.42 Å². The molecular formula is C10H10BrN5O. The Hall–Kier alpha value is -1.76. The summed E-state index contributed by atoms with van der Waals surface area (Å²) in [5.74, 6) is 0.466. The topological polar surface area (TPSA) is 83.6 Å². The number of H-pyrrole nitrogens is 1. The summed E-state index contributed by atoms with van der Waals surface area (Å²) in [5.41, 5.74) is 1.52. The van der Waals surface area contributed by atoms with Crippen LogP contribution in [-0.4, -0.2) is 31.9 Å². The van der Waals surface area contributed by atoms with Gasteiger partial charge in [-0.1, -0.05) is 28.1 Å². The summed E-state index contributed by atoms with van der Waals surface area (Å²) in [6, 6.07) is 7.30. The van der Waals surface area contributed by atoms with E-state index in [-0.39, 0.29) is 5.91 Å². The molecule has 0 unspecified atom stereocenters. The largest absolute Gasteiger partial charge is 0.326 e. The van der Waals surface area contributed by atoms with Crippen LogP contribution in [0.4, 0.5) is 5.69 Å². The second-order valence-electron chi connectivity index (χ2n) is 3.30. The molecule has 1 heterocycles. The van der Waals surface area contributed by atoms with Crippen LogP contribution in [0, 0.1) is 0 Å². The normalized spacial score (nSPS) is 10.2. The van der Waals surface area contributed by atoms with Crippen molar-refractivity contribution in [3.63, 3.8) is 0 Å². The Morgan fingerprint density at radius 3 is 3.06 bits per heavy atom. The highest BCUT2D eigenvalue weighted by Gasteiger charge is 2.05. The van der Waals surface area contributed by atoms with Crippen LogP contribution in [-0.2, 0) is 4.79 Å². The number of halogens is 1. The van der Waals surface area contributed by atoms with Gasteiger partial charge in [0, 0.05) is 23.0 Å². The molecule has 0 bridgehead atoms. The Morgan fingerprint density at radius 1 is 1.47 bits per heavy atom. The van der Waals surface area contributed by atoms with Crippen molar-refractivity contribution in [2.75, 3.05) is 10.6 Å². The Labute approximate surface area is 106 Å². The Morgan fingerprint density at radius 2 is 2.35 bits per heavy atom. The van der Waals surface area contributed by atoms with Gasteiger partial charge in [-0.05, 0) is 17.3 Å². The zero-order chi connectivity index (χ0) is 12.1. The van der Waals surface area contributed by atoms with Crippen LogP contribution in [0.3, 0.4) is 0 Å². The number of amides is 1. The van der Waals surface area contributed by atoms with E-state index in [1.807, 2.05) is 18.2 Å². The maximum Gasteiger partial charge on any atom is 0.225 e. The van der Waals surface area contributed by atoms with Crippen LogP contribution in [0.5, 0.6) is 0 Å². The maximum absolute atomic E-state index is 11.4. The molecule has 1 aromatic heterocycles. The van der Waals surface area contributed by atoms with E-state index < -0.39 is 0 Å². The molecule has 0 fully saturated rings. The second kappa shape index (κ2) is 5.53. The first-order valence-electron chi connectivity index (χ1n) is 4.99. The van der Waals surface area contributed by atoms with Crippen LogP contribution >= 0.6 is 15.9 Å². The van der Waals surface area contributed by atoms with E-state index in [4.69, 9.17) is 0 Å². The quantitative estimate of drug-likeness (QED) is 0.839. The molecule has 1 aromatic carbocycles. The number of tetrazole rings is 1. The lowest BCUT2D eigenvalue weighted by Crippen LogP contribution is -2.11. The molecule has 0 spiro atoms. The molecule has 0 saturated heterocycles. The molecule has 0 saturated carbocycles. The van der Waals surface area contributed by atoms with Crippen molar-refractivity contribution in [3.8, 4) is 11.4 Å². The number of carbonyl (C=O) groups is 1. The molecule has 0 atom stereocenters. The van der Waals surface area contributed by atoms with E-state index in [2.05, 4.69) is 41.9 Å². The van der Waals surface area contributed by atoms with Crippen molar-refractivity contribution >= 4 is 27.5 Å². The van der Waals surface area contributed by atoms with Gasteiger partial charge in [0.15, 0.2) is 0 Å². The summed E-state index contributed by atoms with van der Waals surface area (Å²) in [6.07, 6.45) is 0.437. The summed E-state index contributed by atoms with van der Waals surface area (Å²) >= 11 is 3.22. The molecule has 1 amide bonds. The minimum Gasteiger partial charge on any atom is -0.326 e. The summed E-state index contributed by atoms with van der Waals surface area (Å²) in [7, 11) is 0. The van der Waals surface area contributed by atoms with Crippen molar-refractivity contribution < 1.29 is 4.79 Å². The fourth-order valence-electron chi connectivity index (χ4n) is 1.33. The van der Waals surface area contributed by atoms with Gasteiger partial charge in [0.05, 0.1) is 0 Å². The number of aromatic nitrogens is 4. The summed E-state index contributed by atoms with van der Waals surface area (Å²) in [4.78, 5) is 11.4. The van der Waals surface area contributed by atoms with Gasteiger partial charge in [-0.2, -0.15) is 5.21 Å². The molecule has 7 heteroatoms. The van der Waals surface area contributed by atoms with Crippen LogP contribution in [0.25, 0.3) is 11.4 Å².